The van der Waals surface area contributed by atoms with Crippen LogP contribution in [0.4, 0.5) is 5.69 Å². The Balaban J connectivity index is 1.10. The number of rotatable bonds is 9. The van der Waals surface area contributed by atoms with Gasteiger partial charge in [0, 0.05) is 66.7 Å². The molecule has 2 fully saturated rings. The molecule has 4 aromatic rings. The van der Waals surface area contributed by atoms with E-state index in [1.807, 2.05) is 29.3 Å². The number of amides is 1. The van der Waals surface area contributed by atoms with E-state index >= 15 is 0 Å². The second kappa shape index (κ2) is 12.6. The molecular weight excluding hydrogens is 542 g/mol. The van der Waals surface area contributed by atoms with Gasteiger partial charge in [0.1, 0.15) is 11.5 Å². The van der Waals surface area contributed by atoms with Crippen LogP contribution in [0.25, 0.3) is 22.5 Å². The fraction of sp³-hybridized carbons (Fsp3) is 0.433. The zero-order valence-corrected chi connectivity index (χ0v) is 24.4. The Kier molecular flexibility index (Phi) is 8.57. The van der Waals surface area contributed by atoms with Gasteiger partial charge in [0.25, 0.3) is 0 Å². The molecule has 0 bridgehead atoms. The molecule has 1 N–H and O–H groups in total. The predicted molar refractivity (Wildman–Crippen MR) is 160 cm³/mol. The molecule has 0 atom stereocenters. The van der Waals surface area contributed by atoms with Crippen LogP contribution in [0.5, 0.6) is 0 Å². The van der Waals surface area contributed by atoms with Crippen molar-refractivity contribution in [2.75, 3.05) is 57.8 Å². The maximum atomic E-state index is 12.7. The molecule has 40 heavy (non-hydrogen) atoms. The van der Waals surface area contributed by atoms with Crippen LogP contribution >= 0.6 is 22.7 Å². The van der Waals surface area contributed by atoms with Crippen molar-refractivity contribution in [2.45, 2.75) is 32.1 Å². The van der Waals surface area contributed by atoms with Crippen molar-refractivity contribution in [1.82, 2.24) is 19.9 Å². The lowest BCUT2D eigenvalue weighted by molar-refractivity contribution is -0.131. The molecule has 6 rings (SSSR count). The highest BCUT2D eigenvalue weighted by atomic mass is 32.1. The number of morpholine rings is 1. The third kappa shape index (κ3) is 6.30. The molecule has 1 amide bonds. The molecule has 1 aromatic carbocycles. The lowest BCUT2D eigenvalue weighted by Crippen LogP contribution is -2.38. The van der Waals surface area contributed by atoms with Gasteiger partial charge in [-0.3, -0.25) is 9.69 Å². The average Bonchev–Trinajstić information content (AvgIpc) is 3.76. The van der Waals surface area contributed by atoms with E-state index in [0.29, 0.717) is 12.3 Å². The smallest absolute Gasteiger partial charge is 0.227 e. The van der Waals surface area contributed by atoms with Gasteiger partial charge < -0.3 is 19.5 Å². The van der Waals surface area contributed by atoms with Crippen LogP contribution in [-0.2, 0) is 16.0 Å². The SMILES string of the molecule is Cc1onc(-c2cccc(NCCN3CCOCC3)c2)c1-c1csc(C2CCN(C(=O)Cc3cccs3)CC2)n1. The first-order valence-corrected chi connectivity index (χ1v) is 15.8. The summed E-state index contributed by atoms with van der Waals surface area (Å²) in [7, 11) is 0. The lowest BCUT2D eigenvalue weighted by atomic mass is 9.97. The molecular formula is C30H35N5O3S2. The maximum absolute atomic E-state index is 12.7. The number of piperidine rings is 1. The number of ether oxygens (including phenoxy) is 1. The highest BCUT2D eigenvalue weighted by Crippen LogP contribution is 2.38. The third-order valence-electron chi connectivity index (χ3n) is 7.74. The van der Waals surface area contributed by atoms with Crippen molar-refractivity contribution in [3.8, 4) is 22.5 Å². The normalized spacial score (nSPS) is 16.9. The molecule has 3 aromatic heterocycles. The summed E-state index contributed by atoms with van der Waals surface area (Å²) in [6.07, 6.45) is 2.39. The van der Waals surface area contributed by atoms with Gasteiger partial charge in [-0.05, 0) is 43.3 Å². The van der Waals surface area contributed by atoms with E-state index in [1.165, 1.54) is 0 Å². The number of hydrogen-bond acceptors (Lipinski definition) is 9. The van der Waals surface area contributed by atoms with E-state index in [9.17, 15) is 4.79 Å². The molecule has 0 saturated carbocycles. The number of nitrogens with zero attached hydrogens (tertiary/aromatic N) is 4. The van der Waals surface area contributed by atoms with Crippen molar-refractivity contribution in [3.05, 3.63) is 62.8 Å². The fourth-order valence-electron chi connectivity index (χ4n) is 5.47. The van der Waals surface area contributed by atoms with Crippen molar-refractivity contribution in [3.63, 3.8) is 0 Å². The van der Waals surface area contributed by atoms with Gasteiger partial charge in [0.15, 0.2) is 0 Å². The number of hydrogen-bond donors (Lipinski definition) is 1. The zero-order valence-electron chi connectivity index (χ0n) is 22.8. The Morgan fingerprint density at radius 2 is 1.95 bits per heavy atom. The molecule has 0 aliphatic carbocycles. The number of nitrogens with one attached hydrogen (secondary N) is 1. The lowest BCUT2D eigenvalue weighted by Gasteiger charge is -2.31. The average molecular weight is 578 g/mol. The zero-order chi connectivity index (χ0) is 27.3. The molecule has 8 nitrogen and oxygen atoms in total. The largest absolute Gasteiger partial charge is 0.384 e. The summed E-state index contributed by atoms with van der Waals surface area (Å²) in [5.74, 6) is 1.36. The minimum Gasteiger partial charge on any atom is -0.384 e. The van der Waals surface area contributed by atoms with Crippen LogP contribution in [0.1, 0.15) is 34.4 Å². The summed E-state index contributed by atoms with van der Waals surface area (Å²) in [6.45, 7) is 9.00. The number of carbonyl (C=O) groups is 1. The number of anilines is 1. The fourth-order valence-corrected chi connectivity index (χ4v) is 7.15. The first kappa shape index (κ1) is 27.1. The summed E-state index contributed by atoms with van der Waals surface area (Å²) in [6, 6.07) is 12.4. The van der Waals surface area contributed by atoms with Gasteiger partial charge >= 0.3 is 0 Å². The van der Waals surface area contributed by atoms with Gasteiger partial charge in [0.05, 0.1) is 35.9 Å². The van der Waals surface area contributed by atoms with Gasteiger partial charge in [0.2, 0.25) is 5.91 Å². The summed E-state index contributed by atoms with van der Waals surface area (Å²) < 4.78 is 11.1. The second-order valence-corrected chi connectivity index (χ2v) is 12.3. The van der Waals surface area contributed by atoms with E-state index in [2.05, 4.69) is 45.0 Å². The number of aromatic nitrogens is 2. The molecule has 2 aliphatic rings. The summed E-state index contributed by atoms with van der Waals surface area (Å²) in [4.78, 5) is 23.3. The summed E-state index contributed by atoms with van der Waals surface area (Å²) in [5, 5.41) is 13.3. The number of likely N-dealkylation sites (tertiary alicyclic amines) is 1. The van der Waals surface area contributed by atoms with Gasteiger partial charge in [-0.15, -0.1) is 22.7 Å². The Bertz CT molecular complexity index is 1400. The monoisotopic (exact) mass is 577 g/mol. The number of thiophene rings is 1. The van der Waals surface area contributed by atoms with Gasteiger partial charge in [-0.2, -0.15) is 0 Å². The Labute approximate surface area is 243 Å². The number of aryl methyl sites for hydroxylation is 1. The second-order valence-electron chi connectivity index (χ2n) is 10.4. The first-order chi connectivity index (χ1) is 19.6. The Hall–Kier alpha value is -3.05. The van der Waals surface area contributed by atoms with Crippen molar-refractivity contribution < 1.29 is 14.1 Å². The first-order valence-electron chi connectivity index (χ1n) is 14.0. The van der Waals surface area contributed by atoms with Crippen LogP contribution in [-0.4, -0.2) is 78.3 Å². The molecule has 0 spiro atoms. The Morgan fingerprint density at radius 3 is 2.75 bits per heavy atom. The molecule has 210 valence electrons. The molecule has 10 heteroatoms. The quantitative estimate of drug-likeness (QED) is 0.280. The Morgan fingerprint density at radius 1 is 1.10 bits per heavy atom. The van der Waals surface area contributed by atoms with Gasteiger partial charge in [-0.25, -0.2) is 4.98 Å². The van der Waals surface area contributed by atoms with Crippen LogP contribution in [0.15, 0.2) is 51.7 Å². The van der Waals surface area contributed by atoms with E-state index in [1.54, 1.807) is 22.7 Å². The van der Waals surface area contributed by atoms with Crippen LogP contribution in [0.3, 0.4) is 0 Å². The minimum atomic E-state index is 0.225. The molecule has 0 radical (unpaired) electrons. The highest BCUT2D eigenvalue weighted by Gasteiger charge is 2.27. The van der Waals surface area contributed by atoms with Crippen LogP contribution in [0, 0.1) is 6.92 Å². The van der Waals surface area contributed by atoms with E-state index in [-0.39, 0.29) is 5.91 Å². The molecule has 2 saturated heterocycles. The summed E-state index contributed by atoms with van der Waals surface area (Å²) >= 11 is 3.35. The van der Waals surface area contributed by atoms with Crippen molar-refractivity contribution in [1.29, 1.82) is 0 Å². The van der Waals surface area contributed by atoms with E-state index < -0.39 is 0 Å². The van der Waals surface area contributed by atoms with Crippen molar-refractivity contribution in [2.24, 2.45) is 0 Å². The highest BCUT2D eigenvalue weighted by molar-refractivity contribution is 7.10. The minimum absolute atomic E-state index is 0.225. The van der Waals surface area contributed by atoms with Crippen LogP contribution in [0.2, 0.25) is 0 Å². The maximum Gasteiger partial charge on any atom is 0.227 e. The standard InChI is InChI=1S/C30H35N5O3S2/c1-21-28(29(33-38-21)23-4-2-5-24(18-23)31-9-12-34-13-15-37-16-14-34)26-20-40-30(32-26)22-7-10-35(11-8-22)27(36)19-25-6-3-17-39-25/h2-6,17-18,20,22,31H,7-16,19H2,1H3. The third-order valence-corrected chi connectivity index (χ3v) is 9.62. The number of thiazole rings is 1. The molecule has 0 unspecified atom stereocenters. The summed E-state index contributed by atoms with van der Waals surface area (Å²) in [5.41, 5.74) is 4.76. The topological polar surface area (TPSA) is 83.7 Å². The molecule has 5 heterocycles. The number of benzene rings is 1. The van der Waals surface area contributed by atoms with E-state index in [4.69, 9.17) is 14.2 Å². The van der Waals surface area contributed by atoms with Crippen LogP contribution < -0.4 is 5.32 Å². The number of carbonyl (C=O) groups excluding carboxylic acids is 1. The van der Waals surface area contributed by atoms with Crippen molar-refractivity contribution >= 4 is 34.3 Å². The van der Waals surface area contributed by atoms with E-state index in [0.717, 1.165) is 109 Å². The molecule has 2 aliphatic heterocycles. The van der Waals surface area contributed by atoms with Gasteiger partial charge in [-0.1, -0.05) is 23.4 Å². The predicted octanol–water partition coefficient (Wildman–Crippen LogP) is 5.53.